The van der Waals surface area contributed by atoms with E-state index in [0.717, 1.165) is 32.0 Å². The van der Waals surface area contributed by atoms with Gasteiger partial charge in [0.15, 0.2) is 0 Å². The zero-order valence-corrected chi connectivity index (χ0v) is 9.20. The molecule has 1 aromatic heterocycles. The van der Waals surface area contributed by atoms with Crippen molar-refractivity contribution in [1.82, 2.24) is 10.3 Å². The van der Waals surface area contributed by atoms with Crippen molar-refractivity contribution in [3.8, 4) is 0 Å². The summed E-state index contributed by atoms with van der Waals surface area (Å²) in [7, 11) is 0. The van der Waals surface area contributed by atoms with E-state index in [0.29, 0.717) is 5.92 Å². The average molecular weight is 206 g/mol. The smallest absolute Gasteiger partial charge is 0.0507 e. The maximum absolute atomic E-state index is 5.32. The van der Waals surface area contributed by atoms with Gasteiger partial charge in [0.25, 0.3) is 0 Å². The molecule has 0 aliphatic carbocycles. The van der Waals surface area contributed by atoms with Gasteiger partial charge in [0.05, 0.1) is 6.61 Å². The fourth-order valence-corrected chi connectivity index (χ4v) is 1.77. The van der Waals surface area contributed by atoms with Crippen molar-refractivity contribution in [3.05, 3.63) is 29.6 Å². The predicted octanol–water partition coefficient (Wildman–Crippen LogP) is 1.52. The maximum Gasteiger partial charge on any atom is 0.0507 e. The monoisotopic (exact) mass is 206 g/mol. The molecule has 0 amide bonds. The van der Waals surface area contributed by atoms with Crippen LogP contribution >= 0.6 is 0 Å². The Morgan fingerprint density at radius 1 is 1.53 bits per heavy atom. The molecule has 1 atom stereocenters. The molecule has 0 bridgehead atoms. The molecule has 1 fully saturated rings. The normalized spacial score (nSPS) is 20.7. The molecule has 2 rings (SSSR count). The van der Waals surface area contributed by atoms with Gasteiger partial charge in [-0.05, 0) is 30.9 Å². The van der Waals surface area contributed by atoms with Gasteiger partial charge in [-0.1, -0.05) is 6.07 Å². The second kappa shape index (κ2) is 5.24. The number of pyridine rings is 1. The van der Waals surface area contributed by atoms with E-state index in [9.17, 15) is 0 Å². The molecule has 0 spiro atoms. The highest BCUT2D eigenvalue weighted by molar-refractivity contribution is 5.12. The minimum atomic E-state index is 0.698. The van der Waals surface area contributed by atoms with Crippen LogP contribution in [0.25, 0.3) is 0 Å². The van der Waals surface area contributed by atoms with Crippen LogP contribution in [0.2, 0.25) is 0 Å². The largest absolute Gasteiger partial charge is 0.381 e. The van der Waals surface area contributed by atoms with E-state index < -0.39 is 0 Å². The number of rotatable bonds is 4. The first-order chi connectivity index (χ1) is 7.34. The Labute approximate surface area is 90.9 Å². The van der Waals surface area contributed by atoms with Crippen molar-refractivity contribution >= 4 is 0 Å². The molecule has 1 N–H and O–H groups in total. The molecule has 1 aromatic rings. The van der Waals surface area contributed by atoms with Gasteiger partial charge in [0.1, 0.15) is 0 Å². The number of hydrogen-bond donors (Lipinski definition) is 1. The summed E-state index contributed by atoms with van der Waals surface area (Å²) in [6.45, 7) is 5.81. The summed E-state index contributed by atoms with van der Waals surface area (Å²) in [5, 5.41) is 3.44. The fourth-order valence-electron chi connectivity index (χ4n) is 1.77. The van der Waals surface area contributed by atoms with Gasteiger partial charge < -0.3 is 10.1 Å². The minimum Gasteiger partial charge on any atom is -0.381 e. The lowest BCUT2D eigenvalue weighted by Crippen LogP contribution is -2.22. The average Bonchev–Trinajstić information content (AvgIpc) is 2.74. The van der Waals surface area contributed by atoms with E-state index in [1.165, 1.54) is 12.0 Å². The third-order valence-electron chi connectivity index (χ3n) is 2.76. The molecule has 2 heterocycles. The Kier molecular flexibility index (Phi) is 3.69. The zero-order valence-electron chi connectivity index (χ0n) is 9.20. The zero-order chi connectivity index (χ0) is 10.5. The maximum atomic E-state index is 5.32. The van der Waals surface area contributed by atoms with Crippen molar-refractivity contribution in [1.29, 1.82) is 0 Å². The Bertz CT molecular complexity index is 291. The number of ether oxygens (including phenoxy) is 1. The molecule has 1 unspecified atom stereocenters. The SMILES string of the molecule is Cc1ccc(CNCC2CCOC2)cn1. The van der Waals surface area contributed by atoms with Gasteiger partial charge >= 0.3 is 0 Å². The van der Waals surface area contributed by atoms with Gasteiger partial charge in [-0.3, -0.25) is 4.98 Å². The first-order valence-corrected chi connectivity index (χ1v) is 5.54. The Morgan fingerprint density at radius 3 is 3.13 bits per heavy atom. The van der Waals surface area contributed by atoms with Gasteiger partial charge in [0.2, 0.25) is 0 Å². The Balaban J connectivity index is 1.71. The molecule has 3 heteroatoms. The van der Waals surface area contributed by atoms with Crippen molar-refractivity contribution in [3.63, 3.8) is 0 Å². The molecule has 1 aliphatic heterocycles. The lowest BCUT2D eigenvalue weighted by Gasteiger charge is -2.09. The van der Waals surface area contributed by atoms with E-state index >= 15 is 0 Å². The molecule has 0 aromatic carbocycles. The van der Waals surface area contributed by atoms with Gasteiger partial charge in [0, 0.05) is 31.6 Å². The summed E-state index contributed by atoms with van der Waals surface area (Å²) >= 11 is 0. The van der Waals surface area contributed by atoms with E-state index in [2.05, 4.69) is 22.4 Å². The lowest BCUT2D eigenvalue weighted by molar-refractivity contribution is 0.185. The second-order valence-electron chi connectivity index (χ2n) is 4.17. The molecule has 0 saturated carbocycles. The highest BCUT2D eigenvalue weighted by Crippen LogP contribution is 2.10. The van der Waals surface area contributed by atoms with Gasteiger partial charge in [-0.2, -0.15) is 0 Å². The molecular weight excluding hydrogens is 188 g/mol. The quantitative estimate of drug-likeness (QED) is 0.811. The Morgan fingerprint density at radius 2 is 2.47 bits per heavy atom. The van der Waals surface area contributed by atoms with Crippen LogP contribution < -0.4 is 5.32 Å². The molecule has 82 valence electrons. The lowest BCUT2D eigenvalue weighted by atomic mass is 10.1. The molecule has 0 radical (unpaired) electrons. The summed E-state index contributed by atoms with van der Waals surface area (Å²) in [4.78, 5) is 4.26. The fraction of sp³-hybridized carbons (Fsp3) is 0.583. The van der Waals surface area contributed by atoms with E-state index in [-0.39, 0.29) is 0 Å². The first-order valence-electron chi connectivity index (χ1n) is 5.54. The number of aryl methyl sites for hydroxylation is 1. The summed E-state index contributed by atoms with van der Waals surface area (Å²) in [5.74, 6) is 0.698. The van der Waals surface area contributed by atoms with Crippen LogP contribution in [0, 0.1) is 12.8 Å². The van der Waals surface area contributed by atoms with E-state index in [1.807, 2.05) is 13.1 Å². The van der Waals surface area contributed by atoms with Crippen molar-refractivity contribution in [2.24, 2.45) is 5.92 Å². The topological polar surface area (TPSA) is 34.1 Å². The van der Waals surface area contributed by atoms with E-state index in [4.69, 9.17) is 4.74 Å². The van der Waals surface area contributed by atoms with Crippen LogP contribution in [0.4, 0.5) is 0 Å². The van der Waals surface area contributed by atoms with Crippen molar-refractivity contribution in [2.45, 2.75) is 19.9 Å². The van der Waals surface area contributed by atoms with Crippen molar-refractivity contribution < 1.29 is 4.74 Å². The third-order valence-corrected chi connectivity index (χ3v) is 2.76. The molecule has 3 nitrogen and oxygen atoms in total. The van der Waals surface area contributed by atoms with Crippen LogP contribution in [0.3, 0.4) is 0 Å². The highest BCUT2D eigenvalue weighted by atomic mass is 16.5. The number of aromatic nitrogens is 1. The van der Waals surface area contributed by atoms with Crippen molar-refractivity contribution in [2.75, 3.05) is 19.8 Å². The predicted molar refractivity (Wildman–Crippen MR) is 59.6 cm³/mol. The standard InChI is InChI=1S/C12H18N2O/c1-10-2-3-11(8-14-10)6-13-7-12-4-5-15-9-12/h2-3,8,12-13H,4-7,9H2,1H3. The molecule has 1 aliphatic rings. The highest BCUT2D eigenvalue weighted by Gasteiger charge is 2.14. The molecular formula is C12H18N2O. The van der Waals surface area contributed by atoms with Crippen LogP contribution in [0.5, 0.6) is 0 Å². The Hall–Kier alpha value is -0.930. The first kappa shape index (κ1) is 10.6. The molecule has 1 saturated heterocycles. The van der Waals surface area contributed by atoms with Crippen LogP contribution in [-0.2, 0) is 11.3 Å². The summed E-state index contributed by atoms with van der Waals surface area (Å²) in [5.41, 5.74) is 2.32. The van der Waals surface area contributed by atoms with Crippen LogP contribution in [-0.4, -0.2) is 24.7 Å². The summed E-state index contributed by atoms with van der Waals surface area (Å²) in [6, 6.07) is 4.18. The number of nitrogens with zero attached hydrogens (tertiary/aromatic N) is 1. The summed E-state index contributed by atoms with van der Waals surface area (Å²) in [6.07, 6.45) is 3.13. The minimum absolute atomic E-state index is 0.698. The van der Waals surface area contributed by atoms with E-state index in [1.54, 1.807) is 0 Å². The van der Waals surface area contributed by atoms with Gasteiger partial charge in [-0.15, -0.1) is 0 Å². The molecule has 15 heavy (non-hydrogen) atoms. The van der Waals surface area contributed by atoms with Crippen LogP contribution in [0.15, 0.2) is 18.3 Å². The third kappa shape index (κ3) is 3.29. The second-order valence-corrected chi connectivity index (χ2v) is 4.17. The number of hydrogen-bond acceptors (Lipinski definition) is 3. The van der Waals surface area contributed by atoms with Gasteiger partial charge in [-0.25, -0.2) is 0 Å². The summed E-state index contributed by atoms with van der Waals surface area (Å²) < 4.78 is 5.32. The van der Waals surface area contributed by atoms with Crippen LogP contribution in [0.1, 0.15) is 17.7 Å². The number of nitrogens with one attached hydrogen (secondary N) is 1.